The highest BCUT2D eigenvalue weighted by Gasteiger charge is 2.27. The van der Waals surface area contributed by atoms with E-state index in [2.05, 4.69) is 72.7 Å². The fourth-order valence-electron chi connectivity index (χ4n) is 4.33. The van der Waals surface area contributed by atoms with Crippen LogP contribution in [0, 0.1) is 19.8 Å². The number of carbonyl (C=O) groups excluding carboxylic acids is 2. The van der Waals surface area contributed by atoms with Gasteiger partial charge in [-0.2, -0.15) is 0 Å². The van der Waals surface area contributed by atoms with E-state index in [1.165, 1.54) is 22.5 Å². The van der Waals surface area contributed by atoms with E-state index in [9.17, 15) is 9.59 Å². The van der Waals surface area contributed by atoms with Crippen LogP contribution in [0.5, 0.6) is 0 Å². The van der Waals surface area contributed by atoms with Crippen LogP contribution < -0.4 is 5.32 Å². The second kappa shape index (κ2) is 11.0. The second-order valence-electron chi connectivity index (χ2n) is 9.19. The smallest absolute Gasteiger partial charge is 0.265 e. The molecule has 0 radical (unpaired) electrons. The third-order valence-corrected chi connectivity index (χ3v) is 7.78. The summed E-state index contributed by atoms with van der Waals surface area (Å²) in [5.74, 6) is 0.467. The van der Waals surface area contributed by atoms with Gasteiger partial charge in [-0.25, -0.2) is 4.98 Å². The topological polar surface area (TPSA) is 62.3 Å². The largest absolute Gasteiger partial charge is 0.352 e. The van der Waals surface area contributed by atoms with Gasteiger partial charge in [0, 0.05) is 31.6 Å². The zero-order chi connectivity index (χ0) is 24.1. The molecule has 3 aromatic rings. The van der Waals surface area contributed by atoms with Crippen LogP contribution in [0.1, 0.15) is 58.2 Å². The third kappa shape index (κ3) is 5.92. The summed E-state index contributed by atoms with van der Waals surface area (Å²) < 4.78 is 0. The molecule has 34 heavy (non-hydrogen) atoms. The number of hydrogen-bond acceptors (Lipinski definition) is 4. The maximum absolute atomic E-state index is 13.2. The van der Waals surface area contributed by atoms with Crippen LogP contribution in [0.3, 0.4) is 0 Å². The average molecular weight is 476 g/mol. The maximum Gasteiger partial charge on any atom is 0.265 e. The summed E-state index contributed by atoms with van der Waals surface area (Å²) in [6.07, 6.45) is 3.25. The van der Waals surface area contributed by atoms with Gasteiger partial charge in [-0.1, -0.05) is 61.0 Å². The first kappa shape index (κ1) is 24.1. The van der Waals surface area contributed by atoms with Crippen molar-refractivity contribution < 1.29 is 9.59 Å². The number of hydrogen-bond donors (Lipinski definition) is 1. The van der Waals surface area contributed by atoms with Crippen LogP contribution in [-0.2, 0) is 17.8 Å². The molecule has 178 valence electrons. The zero-order valence-electron chi connectivity index (χ0n) is 20.3. The standard InChI is InChI=1S/C28H33N3O2S/c1-4-21-7-9-23(10-8-21)18-29-25(32)17-22-13-15-31(16-14-22)28(33)26-20(3)30-27(34-26)24-11-5-19(2)6-12-24/h5-12,22H,4,13-18H2,1-3H3,(H,29,32). The second-order valence-corrected chi connectivity index (χ2v) is 10.2. The summed E-state index contributed by atoms with van der Waals surface area (Å²) in [6.45, 7) is 8.04. The normalized spacial score (nSPS) is 14.3. The van der Waals surface area contributed by atoms with Crippen molar-refractivity contribution in [2.45, 2.75) is 53.0 Å². The number of amides is 2. The highest BCUT2D eigenvalue weighted by molar-refractivity contribution is 7.17. The molecule has 4 rings (SSSR count). The molecule has 0 bridgehead atoms. The molecule has 2 amide bonds. The first-order chi connectivity index (χ1) is 16.4. The predicted molar refractivity (Wildman–Crippen MR) is 138 cm³/mol. The lowest BCUT2D eigenvalue weighted by atomic mass is 9.93. The summed E-state index contributed by atoms with van der Waals surface area (Å²) in [6, 6.07) is 16.6. The molecule has 0 spiro atoms. The molecule has 2 heterocycles. The van der Waals surface area contributed by atoms with E-state index in [0.717, 1.165) is 46.0 Å². The highest BCUT2D eigenvalue weighted by atomic mass is 32.1. The number of nitrogens with one attached hydrogen (secondary N) is 1. The number of aromatic nitrogens is 1. The Kier molecular flexibility index (Phi) is 7.78. The minimum Gasteiger partial charge on any atom is -0.352 e. The van der Waals surface area contributed by atoms with Gasteiger partial charge in [0.1, 0.15) is 9.88 Å². The molecule has 1 N–H and O–H groups in total. The monoisotopic (exact) mass is 475 g/mol. The lowest BCUT2D eigenvalue weighted by molar-refractivity contribution is -0.122. The molecular formula is C28H33N3O2S. The molecular weight excluding hydrogens is 442 g/mol. The highest BCUT2D eigenvalue weighted by Crippen LogP contribution is 2.30. The average Bonchev–Trinajstić information content (AvgIpc) is 3.25. The van der Waals surface area contributed by atoms with Crippen molar-refractivity contribution in [3.8, 4) is 10.6 Å². The Hall–Kier alpha value is -2.99. The molecule has 1 saturated heterocycles. The summed E-state index contributed by atoms with van der Waals surface area (Å²) in [7, 11) is 0. The Labute approximate surface area is 206 Å². The van der Waals surface area contributed by atoms with Crippen molar-refractivity contribution in [2.24, 2.45) is 5.92 Å². The van der Waals surface area contributed by atoms with Crippen molar-refractivity contribution in [3.63, 3.8) is 0 Å². The minimum absolute atomic E-state index is 0.0618. The van der Waals surface area contributed by atoms with Crippen LogP contribution in [0.2, 0.25) is 0 Å². The van der Waals surface area contributed by atoms with Crippen LogP contribution >= 0.6 is 11.3 Å². The predicted octanol–water partition coefficient (Wildman–Crippen LogP) is 5.55. The van der Waals surface area contributed by atoms with Crippen LogP contribution in [0.4, 0.5) is 0 Å². The van der Waals surface area contributed by atoms with E-state index in [1.54, 1.807) is 0 Å². The van der Waals surface area contributed by atoms with Crippen molar-refractivity contribution >= 4 is 23.2 Å². The number of likely N-dealkylation sites (tertiary alicyclic amines) is 1. The molecule has 0 atom stereocenters. The summed E-state index contributed by atoms with van der Waals surface area (Å²) in [4.78, 5) is 32.9. The molecule has 1 aliphatic rings. The van der Waals surface area contributed by atoms with E-state index >= 15 is 0 Å². The lowest BCUT2D eigenvalue weighted by Gasteiger charge is -2.31. The van der Waals surface area contributed by atoms with Gasteiger partial charge in [0.05, 0.1) is 5.69 Å². The van der Waals surface area contributed by atoms with Gasteiger partial charge in [-0.3, -0.25) is 9.59 Å². The molecule has 1 aliphatic heterocycles. The summed E-state index contributed by atoms with van der Waals surface area (Å²) >= 11 is 1.47. The van der Waals surface area contributed by atoms with E-state index in [4.69, 9.17) is 0 Å². The summed E-state index contributed by atoms with van der Waals surface area (Å²) in [5.41, 5.74) is 5.46. The number of benzene rings is 2. The van der Waals surface area contributed by atoms with Crippen LogP contribution in [0.15, 0.2) is 48.5 Å². The van der Waals surface area contributed by atoms with Crippen LogP contribution in [-0.4, -0.2) is 34.8 Å². The minimum atomic E-state index is 0.0618. The molecule has 0 unspecified atom stereocenters. The zero-order valence-corrected chi connectivity index (χ0v) is 21.1. The van der Waals surface area contributed by atoms with Gasteiger partial charge in [0.2, 0.25) is 5.91 Å². The number of nitrogens with zero attached hydrogens (tertiary/aromatic N) is 2. The van der Waals surface area contributed by atoms with E-state index in [1.807, 2.05) is 11.8 Å². The van der Waals surface area contributed by atoms with Gasteiger partial charge in [-0.05, 0) is 50.2 Å². The van der Waals surface area contributed by atoms with Crippen molar-refractivity contribution in [1.29, 1.82) is 0 Å². The molecule has 0 aliphatic carbocycles. The van der Waals surface area contributed by atoms with Gasteiger partial charge >= 0.3 is 0 Å². The number of carbonyl (C=O) groups is 2. The third-order valence-electron chi connectivity index (χ3n) is 6.59. The molecule has 5 nitrogen and oxygen atoms in total. The molecule has 0 saturated carbocycles. The van der Waals surface area contributed by atoms with Crippen molar-refractivity contribution in [2.75, 3.05) is 13.1 Å². The van der Waals surface area contributed by atoms with Gasteiger partial charge in [0.25, 0.3) is 5.91 Å². The molecule has 1 fully saturated rings. The summed E-state index contributed by atoms with van der Waals surface area (Å²) in [5, 5.41) is 3.93. The Bertz CT molecular complexity index is 1130. The molecule has 2 aromatic carbocycles. The quantitative estimate of drug-likeness (QED) is 0.487. The fourth-order valence-corrected chi connectivity index (χ4v) is 5.37. The Balaban J connectivity index is 1.26. The van der Waals surface area contributed by atoms with Crippen LogP contribution in [0.25, 0.3) is 10.6 Å². The van der Waals surface area contributed by atoms with Crippen molar-refractivity contribution in [1.82, 2.24) is 15.2 Å². The van der Waals surface area contributed by atoms with E-state index in [0.29, 0.717) is 32.0 Å². The van der Waals surface area contributed by atoms with Gasteiger partial charge in [0.15, 0.2) is 0 Å². The van der Waals surface area contributed by atoms with Crippen molar-refractivity contribution in [3.05, 3.63) is 75.8 Å². The van der Waals surface area contributed by atoms with Gasteiger partial charge < -0.3 is 10.2 Å². The molecule has 6 heteroatoms. The van der Waals surface area contributed by atoms with E-state index in [-0.39, 0.29) is 11.8 Å². The Morgan fingerprint density at radius 3 is 2.29 bits per heavy atom. The lowest BCUT2D eigenvalue weighted by Crippen LogP contribution is -2.39. The van der Waals surface area contributed by atoms with Gasteiger partial charge in [-0.15, -0.1) is 11.3 Å². The SMILES string of the molecule is CCc1ccc(CNC(=O)CC2CCN(C(=O)c3sc(-c4ccc(C)cc4)nc3C)CC2)cc1. The number of aryl methyl sites for hydroxylation is 3. The first-order valence-electron chi connectivity index (χ1n) is 12.1. The number of rotatable bonds is 7. The molecule has 1 aromatic heterocycles. The van der Waals surface area contributed by atoms with E-state index < -0.39 is 0 Å². The first-order valence-corrected chi connectivity index (χ1v) is 12.9. The Morgan fingerprint density at radius 2 is 1.65 bits per heavy atom. The number of thiazole rings is 1. The Morgan fingerprint density at radius 1 is 1.00 bits per heavy atom. The fraction of sp³-hybridized carbons (Fsp3) is 0.393. The maximum atomic E-state index is 13.2. The number of piperidine rings is 1.